The maximum atomic E-state index is 12.3. The van der Waals surface area contributed by atoms with Crippen molar-refractivity contribution in [2.45, 2.75) is 0 Å². The fourth-order valence-corrected chi connectivity index (χ4v) is 3.85. The van der Waals surface area contributed by atoms with E-state index in [-0.39, 0.29) is 5.91 Å². The van der Waals surface area contributed by atoms with Gasteiger partial charge in [-0.15, -0.1) is 6.58 Å². The van der Waals surface area contributed by atoms with Gasteiger partial charge in [-0.3, -0.25) is 9.69 Å². The van der Waals surface area contributed by atoms with Gasteiger partial charge in [0.25, 0.3) is 5.91 Å². The third kappa shape index (κ3) is 4.47. The normalized spacial score (nSPS) is 15.3. The van der Waals surface area contributed by atoms with Crippen molar-refractivity contribution in [3.63, 3.8) is 0 Å². The number of hydrogen-bond acceptors (Lipinski definition) is 5. The van der Waals surface area contributed by atoms with Crippen molar-refractivity contribution in [2.75, 3.05) is 6.54 Å². The summed E-state index contributed by atoms with van der Waals surface area (Å²) in [5, 5.41) is 0.334. The fraction of sp³-hybridized carbons (Fsp3) is 0.0500. The minimum atomic E-state index is -0.529. The molecule has 1 fully saturated rings. The zero-order valence-corrected chi connectivity index (χ0v) is 16.4. The van der Waals surface area contributed by atoms with Crippen LogP contribution in [0.15, 0.2) is 66.1 Å². The average Bonchev–Trinajstić information content (AvgIpc) is 2.91. The molecule has 1 aliphatic rings. The van der Waals surface area contributed by atoms with Crippen molar-refractivity contribution < 1.29 is 14.3 Å². The van der Waals surface area contributed by atoms with Gasteiger partial charge in [-0.05, 0) is 35.9 Å². The van der Waals surface area contributed by atoms with Crippen LogP contribution in [0.5, 0.6) is 5.75 Å². The Bertz CT molecular complexity index is 954. The number of hydrogen-bond donors (Lipinski definition) is 0. The Labute approximate surface area is 171 Å². The molecule has 1 aliphatic heterocycles. The number of ether oxygens (including phenoxy) is 1. The SMILES string of the molecule is C=CCN1C(=O)C(=Cc2ccc(OC(=O)c3ccccc3Cl)cc2)SC1=S. The van der Waals surface area contributed by atoms with E-state index >= 15 is 0 Å². The first kappa shape index (κ1) is 19.4. The summed E-state index contributed by atoms with van der Waals surface area (Å²) in [5.74, 6) is -0.283. The molecule has 27 heavy (non-hydrogen) atoms. The highest BCUT2D eigenvalue weighted by Gasteiger charge is 2.30. The first-order chi connectivity index (χ1) is 13.0. The number of thioether (sulfide) groups is 1. The van der Waals surface area contributed by atoms with Gasteiger partial charge in [0, 0.05) is 6.54 Å². The first-order valence-corrected chi connectivity index (χ1v) is 9.53. The Morgan fingerprint density at radius 1 is 1.22 bits per heavy atom. The van der Waals surface area contributed by atoms with Crippen LogP contribution in [0.1, 0.15) is 15.9 Å². The van der Waals surface area contributed by atoms with Gasteiger partial charge >= 0.3 is 5.97 Å². The Morgan fingerprint density at radius 3 is 2.59 bits per heavy atom. The van der Waals surface area contributed by atoms with E-state index in [0.717, 1.165) is 5.56 Å². The third-order valence-corrected chi connectivity index (χ3v) is 5.37. The summed E-state index contributed by atoms with van der Waals surface area (Å²) >= 11 is 12.5. The number of rotatable bonds is 5. The maximum absolute atomic E-state index is 12.3. The van der Waals surface area contributed by atoms with E-state index in [1.54, 1.807) is 60.7 Å². The topological polar surface area (TPSA) is 46.6 Å². The number of halogens is 1. The molecule has 4 nitrogen and oxygen atoms in total. The van der Waals surface area contributed by atoms with Gasteiger partial charge in [0.2, 0.25) is 0 Å². The van der Waals surface area contributed by atoms with E-state index in [0.29, 0.717) is 32.1 Å². The smallest absolute Gasteiger partial charge is 0.345 e. The van der Waals surface area contributed by atoms with Crippen molar-refractivity contribution in [1.82, 2.24) is 4.90 Å². The van der Waals surface area contributed by atoms with Crippen LogP contribution in [0.2, 0.25) is 5.02 Å². The molecular weight excluding hydrogens is 402 g/mol. The molecule has 2 aromatic carbocycles. The average molecular weight is 416 g/mol. The first-order valence-electron chi connectivity index (χ1n) is 7.92. The van der Waals surface area contributed by atoms with E-state index in [1.807, 2.05) is 0 Å². The number of benzene rings is 2. The standard InChI is InChI=1S/C20H14ClNO3S2/c1-2-11-22-18(23)17(27-20(22)26)12-13-7-9-14(10-8-13)25-19(24)15-5-3-4-6-16(15)21/h2-10,12H,1,11H2. The molecular formula is C20H14ClNO3S2. The Hall–Kier alpha value is -2.41. The number of carbonyl (C=O) groups is 2. The van der Waals surface area contributed by atoms with Crippen molar-refractivity contribution in [2.24, 2.45) is 0 Å². The quantitative estimate of drug-likeness (QED) is 0.227. The maximum Gasteiger partial charge on any atom is 0.345 e. The predicted molar refractivity (Wildman–Crippen MR) is 113 cm³/mol. The van der Waals surface area contributed by atoms with Gasteiger partial charge in [0.05, 0.1) is 15.5 Å². The summed E-state index contributed by atoms with van der Waals surface area (Å²) in [6.45, 7) is 4.02. The second kappa shape index (κ2) is 8.52. The van der Waals surface area contributed by atoms with Crippen LogP contribution in [0.3, 0.4) is 0 Å². The number of amides is 1. The van der Waals surface area contributed by atoms with Crippen molar-refractivity contribution >= 4 is 57.9 Å². The van der Waals surface area contributed by atoms with Crippen molar-refractivity contribution in [3.05, 3.63) is 82.2 Å². The van der Waals surface area contributed by atoms with Gasteiger partial charge in [-0.2, -0.15) is 0 Å². The molecule has 2 aromatic rings. The summed E-state index contributed by atoms with van der Waals surface area (Å²) in [5.41, 5.74) is 1.10. The van der Waals surface area contributed by atoms with Crippen LogP contribution in [-0.4, -0.2) is 27.6 Å². The highest BCUT2D eigenvalue weighted by atomic mass is 35.5. The van der Waals surface area contributed by atoms with Crippen LogP contribution in [0.25, 0.3) is 6.08 Å². The van der Waals surface area contributed by atoms with E-state index in [4.69, 9.17) is 28.6 Å². The molecule has 0 spiro atoms. The molecule has 0 bridgehead atoms. The minimum absolute atomic E-state index is 0.140. The predicted octanol–water partition coefficient (Wildman–Crippen LogP) is 4.95. The Kier molecular flexibility index (Phi) is 6.11. The van der Waals surface area contributed by atoms with E-state index in [1.165, 1.54) is 16.7 Å². The van der Waals surface area contributed by atoms with E-state index < -0.39 is 5.97 Å². The molecule has 0 atom stereocenters. The Balaban J connectivity index is 1.72. The largest absolute Gasteiger partial charge is 0.423 e. The zero-order valence-electron chi connectivity index (χ0n) is 14.1. The van der Waals surface area contributed by atoms with Gasteiger partial charge in [-0.25, -0.2) is 4.79 Å². The molecule has 136 valence electrons. The van der Waals surface area contributed by atoms with Crippen LogP contribution in [-0.2, 0) is 4.79 Å². The number of nitrogens with zero attached hydrogens (tertiary/aromatic N) is 1. The molecule has 1 amide bonds. The Morgan fingerprint density at radius 2 is 1.93 bits per heavy atom. The highest BCUT2D eigenvalue weighted by Crippen LogP contribution is 2.32. The van der Waals surface area contributed by atoms with Gasteiger partial charge in [-0.1, -0.05) is 65.9 Å². The summed E-state index contributed by atoms with van der Waals surface area (Å²) in [7, 11) is 0. The van der Waals surface area contributed by atoms with Gasteiger partial charge < -0.3 is 4.74 Å². The summed E-state index contributed by atoms with van der Waals surface area (Å²) in [6.07, 6.45) is 3.39. The lowest BCUT2D eigenvalue weighted by atomic mass is 10.2. The third-order valence-electron chi connectivity index (χ3n) is 3.67. The number of thiocarbonyl (C=S) groups is 1. The molecule has 3 rings (SSSR count). The zero-order chi connectivity index (χ0) is 19.4. The van der Waals surface area contributed by atoms with Crippen LogP contribution in [0.4, 0.5) is 0 Å². The second-order valence-electron chi connectivity index (χ2n) is 5.52. The molecule has 7 heteroatoms. The monoisotopic (exact) mass is 415 g/mol. The van der Waals surface area contributed by atoms with Crippen LogP contribution in [0, 0.1) is 0 Å². The number of carbonyl (C=O) groups excluding carboxylic acids is 2. The number of esters is 1. The lowest BCUT2D eigenvalue weighted by molar-refractivity contribution is -0.121. The molecule has 0 aromatic heterocycles. The lowest BCUT2D eigenvalue weighted by Crippen LogP contribution is -2.27. The van der Waals surface area contributed by atoms with E-state index in [9.17, 15) is 9.59 Å². The lowest BCUT2D eigenvalue weighted by Gasteiger charge is -2.10. The molecule has 0 unspecified atom stereocenters. The summed E-state index contributed by atoms with van der Waals surface area (Å²) in [4.78, 5) is 26.6. The highest BCUT2D eigenvalue weighted by molar-refractivity contribution is 8.26. The van der Waals surface area contributed by atoms with Crippen LogP contribution < -0.4 is 4.74 Å². The molecule has 0 N–H and O–H groups in total. The minimum Gasteiger partial charge on any atom is -0.423 e. The second-order valence-corrected chi connectivity index (χ2v) is 7.60. The molecule has 0 aliphatic carbocycles. The van der Waals surface area contributed by atoms with Gasteiger partial charge in [0.15, 0.2) is 0 Å². The summed E-state index contributed by atoms with van der Waals surface area (Å²) in [6, 6.07) is 13.5. The molecule has 1 saturated heterocycles. The fourth-order valence-electron chi connectivity index (χ4n) is 2.36. The molecule has 1 heterocycles. The van der Waals surface area contributed by atoms with Crippen LogP contribution >= 0.6 is 35.6 Å². The van der Waals surface area contributed by atoms with Gasteiger partial charge in [0.1, 0.15) is 10.1 Å². The molecule has 0 radical (unpaired) electrons. The molecule has 0 saturated carbocycles. The van der Waals surface area contributed by atoms with Crippen molar-refractivity contribution in [1.29, 1.82) is 0 Å². The van der Waals surface area contributed by atoms with Crippen molar-refractivity contribution in [3.8, 4) is 5.75 Å². The summed E-state index contributed by atoms with van der Waals surface area (Å²) < 4.78 is 5.85. The van der Waals surface area contributed by atoms with E-state index in [2.05, 4.69) is 6.58 Å².